The minimum absolute atomic E-state index is 0. The highest BCUT2D eigenvalue weighted by atomic mass is 35.5. The van der Waals surface area contributed by atoms with Crippen LogP contribution in [-0.4, -0.2) is 49.7 Å². The van der Waals surface area contributed by atoms with Gasteiger partial charge in [0.05, 0.1) is 6.10 Å². The van der Waals surface area contributed by atoms with Gasteiger partial charge in [0.25, 0.3) is 0 Å². The second kappa shape index (κ2) is 8.72. The average molecular weight is 265 g/mol. The summed E-state index contributed by atoms with van der Waals surface area (Å²) in [7, 11) is 1.89. The smallest absolute Gasteiger partial charge is 0.248 e. The summed E-state index contributed by atoms with van der Waals surface area (Å²) in [4.78, 5) is 13.7. The molecule has 0 aliphatic carbocycles. The zero-order valence-electron chi connectivity index (χ0n) is 11.1. The second-order valence-electron chi connectivity index (χ2n) is 4.70. The van der Waals surface area contributed by atoms with Crippen LogP contribution < -0.4 is 5.32 Å². The van der Waals surface area contributed by atoms with Crippen LogP contribution in [0.1, 0.15) is 33.1 Å². The van der Waals surface area contributed by atoms with E-state index in [0.29, 0.717) is 6.04 Å². The Bertz CT molecular complexity index is 217. The van der Waals surface area contributed by atoms with E-state index in [1.165, 1.54) is 0 Å². The van der Waals surface area contributed by atoms with E-state index in [0.717, 1.165) is 32.4 Å². The van der Waals surface area contributed by atoms with Gasteiger partial charge >= 0.3 is 0 Å². The van der Waals surface area contributed by atoms with Crippen molar-refractivity contribution >= 4 is 18.3 Å². The fourth-order valence-corrected chi connectivity index (χ4v) is 1.93. The van der Waals surface area contributed by atoms with Gasteiger partial charge in [-0.2, -0.15) is 0 Å². The van der Waals surface area contributed by atoms with Crippen LogP contribution in [0, 0.1) is 0 Å². The predicted octanol–water partition coefficient (Wildman–Crippen LogP) is 1.43. The molecule has 0 spiro atoms. The third-order valence-corrected chi connectivity index (χ3v) is 3.03. The second-order valence-corrected chi connectivity index (χ2v) is 4.70. The minimum atomic E-state index is 0. The van der Waals surface area contributed by atoms with Gasteiger partial charge in [0.15, 0.2) is 0 Å². The monoisotopic (exact) mass is 264 g/mol. The molecule has 1 aliphatic rings. The van der Waals surface area contributed by atoms with Crippen molar-refractivity contribution in [3.05, 3.63) is 0 Å². The summed E-state index contributed by atoms with van der Waals surface area (Å²) in [5.41, 5.74) is 0. The number of hydrogen-bond acceptors (Lipinski definition) is 3. The Hall–Kier alpha value is -0.320. The number of amides is 1. The Morgan fingerprint density at radius 3 is 2.76 bits per heavy atom. The van der Waals surface area contributed by atoms with E-state index in [1.807, 2.05) is 25.8 Å². The van der Waals surface area contributed by atoms with Gasteiger partial charge in [0.2, 0.25) is 5.91 Å². The van der Waals surface area contributed by atoms with E-state index in [9.17, 15) is 4.79 Å². The summed E-state index contributed by atoms with van der Waals surface area (Å²) < 4.78 is 5.34. The summed E-state index contributed by atoms with van der Waals surface area (Å²) in [6.45, 7) is 6.18. The zero-order valence-corrected chi connectivity index (χ0v) is 11.9. The topological polar surface area (TPSA) is 41.6 Å². The van der Waals surface area contributed by atoms with Crippen LogP contribution in [0.2, 0.25) is 0 Å². The molecule has 1 fully saturated rings. The third kappa shape index (κ3) is 6.24. The Morgan fingerprint density at radius 2 is 2.12 bits per heavy atom. The van der Waals surface area contributed by atoms with E-state index < -0.39 is 0 Å². The molecule has 0 radical (unpaired) electrons. The molecule has 1 amide bonds. The molecule has 1 unspecified atom stereocenters. The number of halogens is 1. The number of hydrogen-bond donors (Lipinski definition) is 1. The van der Waals surface area contributed by atoms with E-state index in [-0.39, 0.29) is 31.0 Å². The Kier molecular flexibility index (Phi) is 8.56. The molecule has 1 N–H and O–H groups in total. The number of ether oxygens (including phenoxy) is 1. The van der Waals surface area contributed by atoms with Crippen LogP contribution >= 0.6 is 12.4 Å². The molecule has 5 heteroatoms. The number of carbonyl (C=O) groups excluding carboxylic acids is 1. The van der Waals surface area contributed by atoms with Gasteiger partial charge in [-0.05, 0) is 46.2 Å². The Balaban J connectivity index is 0.00000256. The maximum Gasteiger partial charge on any atom is 0.248 e. The van der Waals surface area contributed by atoms with Crippen molar-refractivity contribution in [2.45, 2.75) is 45.3 Å². The molecule has 0 bridgehead atoms. The fourth-order valence-electron chi connectivity index (χ4n) is 1.93. The van der Waals surface area contributed by atoms with Crippen molar-refractivity contribution in [1.29, 1.82) is 0 Å². The highest BCUT2D eigenvalue weighted by Gasteiger charge is 2.20. The number of rotatable bonds is 4. The molecule has 1 rings (SSSR count). The maximum atomic E-state index is 11.8. The van der Waals surface area contributed by atoms with Gasteiger partial charge in [-0.15, -0.1) is 12.4 Å². The summed E-state index contributed by atoms with van der Waals surface area (Å²) in [5, 5.41) is 3.35. The van der Waals surface area contributed by atoms with E-state index in [1.54, 1.807) is 0 Å². The summed E-state index contributed by atoms with van der Waals surface area (Å²) in [5.74, 6) is 0.0978. The first-order valence-corrected chi connectivity index (χ1v) is 6.19. The normalized spacial score (nSPS) is 20.6. The summed E-state index contributed by atoms with van der Waals surface area (Å²) in [6, 6.07) is 0.373. The maximum absolute atomic E-state index is 11.8. The molecular formula is C12H25ClN2O2. The Morgan fingerprint density at radius 1 is 1.41 bits per heavy atom. The molecule has 0 aromatic rings. The molecule has 0 aromatic carbocycles. The van der Waals surface area contributed by atoms with Crippen molar-refractivity contribution in [3.8, 4) is 0 Å². The lowest BCUT2D eigenvalue weighted by atomic mass is 10.1. The third-order valence-electron chi connectivity index (χ3n) is 3.03. The largest absolute Gasteiger partial charge is 0.369 e. The van der Waals surface area contributed by atoms with Crippen molar-refractivity contribution in [2.75, 3.05) is 26.7 Å². The standard InChI is InChI=1S/C12H24N2O2.ClH/c1-10(2)16-9-12(15)14(3)11-5-4-7-13-8-6-11;/h10-11,13H,4-9H2,1-3H3;1H. The number of carbonyl (C=O) groups is 1. The van der Waals surface area contributed by atoms with E-state index in [2.05, 4.69) is 5.32 Å². The predicted molar refractivity (Wildman–Crippen MR) is 71.6 cm³/mol. The summed E-state index contributed by atoms with van der Waals surface area (Å²) in [6.07, 6.45) is 3.40. The molecule has 1 aliphatic heterocycles. The van der Waals surface area contributed by atoms with Crippen LogP contribution in [0.4, 0.5) is 0 Å². The van der Waals surface area contributed by atoms with Crippen molar-refractivity contribution in [2.24, 2.45) is 0 Å². The quantitative estimate of drug-likeness (QED) is 0.835. The van der Waals surface area contributed by atoms with Gasteiger partial charge in [0, 0.05) is 13.1 Å². The number of likely N-dealkylation sites (N-methyl/N-ethyl adjacent to an activating group) is 1. The van der Waals surface area contributed by atoms with Crippen LogP contribution in [0.15, 0.2) is 0 Å². The number of nitrogens with zero attached hydrogens (tertiary/aromatic N) is 1. The molecule has 1 atom stereocenters. The molecular weight excluding hydrogens is 240 g/mol. The lowest BCUT2D eigenvalue weighted by molar-refractivity contribution is -0.138. The van der Waals surface area contributed by atoms with Gasteiger partial charge in [-0.1, -0.05) is 0 Å². The number of nitrogens with one attached hydrogen (secondary N) is 1. The van der Waals surface area contributed by atoms with Gasteiger partial charge in [-0.25, -0.2) is 0 Å². The first-order valence-electron chi connectivity index (χ1n) is 6.19. The van der Waals surface area contributed by atoms with Crippen molar-refractivity contribution in [1.82, 2.24) is 10.2 Å². The molecule has 0 saturated carbocycles. The molecule has 0 aromatic heterocycles. The van der Waals surface area contributed by atoms with E-state index in [4.69, 9.17) is 4.74 Å². The molecule has 1 saturated heterocycles. The van der Waals surface area contributed by atoms with Crippen LogP contribution in [0.25, 0.3) is 0 Å². The SMILES string of the molecule is CC(C)OCC(=O)N(C)C1CCCNCC1.Cl. The van der Waals surface area contributed by atoms with Gasteiger partial charge in [0.1, 0.15) is 6.61 Å². The zero-order chi connectivity index (χ0) is 12.0. The van der Waals surface area contributed by atoms with Gasteiger partial charge in [-0.3, -0.25) is 4.79 Å². The fraction of sp³-hybridized carbons (Fsp3) is 0.917. The molecule has 4 nitrogen and oxygen atoms in total. The minimum Gasteiger partial charge on any atom is -0.369 e. The van der Waals surface area contributed by atoms with Crippen molar-refractivity contribution < 1.29 is 9.53 Å². The molecule has 102 valence electrons. The average Bonchev–Trinajstić information content (AvgIpc) is 2.53. The lowest BCUT2D eigenvalue weighted by Crippen LogP contribution is -2.40. The van der Waals surface area contributed by atoms with Crippen LogP contribution in [0.3, 0.4) is 0 Å². The highest BCUT2D eigenvalue weighted by molar-refractivity contribution is 5.85. The van der Waals surface area contributed by atoms with Gasteiger partial charge < -0.3 is 15.0 Å². The summed E-state index contributed by atoms with van der Waals surface area (Å²) >= 11 is 0. The Labute approximate surface area is 110 Å². The van der Waals surface area contributed by atoms with Crippen LogP contribution in [-0.2, 0) is 9.53 Å². The van der Waals surface area contributed by atoms with Crippen molar-refractivity contribution in [3.63, 3.8) is 0 Å². The first kappa shape index (κ1) is 16.7. The highest BCUT2D eigenvalue weighted by Crippen LogP contribution is 2.12. The van der Waals surface area contributed by atoms with E-state index >= 15 is 0 Å². The van der Waals surface area contributed by atoms with Crippen LogP contribution in [0.5, 0.6) is 0 Å². The molecule has 1 heterocycles. The lowest BCUT2D eigenvalue weighted by Gasteiger charge is -2.27. The first-order chi connectivity index (χ1) is 7.61. The molecule has 17 heavy (non-hydrogen) atoms.